The first kappa shape index (κ1) is 18.6. The van der Waals surface area contributed by atoms with Gasteiger partial charge in [-0.1, -0.05) is 60.7 Å². The van der Waals surface area contributed by atoms with Crippen LogP contribution in [0.5, 0.6) is 5.75 Å². The number of ether oxygens (including phenoxy) is 1. The van der Waals surface area contributed by atoms with Crippen molar-refractivity contribution >= 4 is 17.6 Å². The number of amides is 1. The highest BCUT2D eigenvalue weighted by molar-refractivity contribution is 6.01. The van der Waals surface area contributed by atoms with E-state index in [1.54, 1.807) is 23.1 Å². The lowest BCUT2D eigenvalue weighted by molar-refractivity contribution is -0.307. The largest absolute Gasteiger partial charge is 0.546 e. The minimum absolute atomic E-state index is 0.108. The number of carboxylic acids is 1. The first-order chi connectivity index (χ1) is 14.1. The SMILES string of the molecule is O=C([O-])COc1ccccc1[C@@H]1Nc2ccccc2C(=O)N1Cc1ccccc1. The molecule has 146 valence electrons. The zero-order chi connectivity index (χ0) is 20.2. The van der Waals surface area contributed by atoms with Gasteiger partial charge in [0.25, 0.3) is 5.91 Å². The fraction of sp³-hybridized carbons (Fsp3) is 0.130. The molecule has 3 aromatic rings. The van der Waals surface area contributed by atoms with Crippen molar-refractivity contribution in [3.8, 4) is 5.75 Å². The Labute approximate surface area is 168 Å². The molecule has 1 aliphatic rings. The van der Waals surface area contributed by atoms with Crippen LogP contribution >= 0.6 is 0 Å². The summed E-state index contributed by atoms with van der Waals surface area (Å²) in [7, 11) is 0. The topological polar surface area (TPSA) is 81.7 Å². The minimum Gasteiger partial charge on any atom is -0.546 e. The summed E-state index contributed by atoms with van der Waals surface area (Å²) < 4.78 is 5.43. The molecule has 0 saturated heterocycles. The number of nitrogens with one attached hydrogen (secondary N) is 1. The molecule has 0 aliphatic carbocycles. The second-order valence-electron chi connectivity index (χ2n) is 6.71. The molecule has 0 radical (unpaired) electrons. The van der Waals surface area contributed by atoms with E-state index in [0.29, 0.717) is 23.4 Å². The maximum Gasteiger partial charge on any atom is 0.258 e. The number of anilines is 1. The number of fused-ring (bicyclic) bond motifs is 1. The third kappa shape index (κ3) is 3.91. The summed E-state index contributed by atoms with van der Waals surface area (Å²) >= 11 is 0. The average molecular weight is 387 g/mol. The van der Waals surface area contributed by atoms with Crippen LogP contribution in [0.4, 0.5) is 5.69 Å². The molecule has 0 unspecified atom stereocenters. The highest BCUT2D eigenvalue weighted by Gasteiger charge is 2.34. The van der Waals surface area contributed by atoms with Crippen LogP contribution in [0.25, 0.3) is 0 Å². The van der Waals surface area contributed by atoms with Gasteiger partial charge in [-0.15, -0.1) is 0 Å². The molecule has 1 atom stereocenters. The number of aliphatic carboxylic acids is 1. The van der Waals surface area contributed by atoms with Crippen molar-refractivity contribution in [3.05, 3.63) is 95.6 Å². The van der Waals surface area contributed by atoms with Gasteiger partial charge in [0.05, 0.1) is 11.5 Å². The number of rotatable bonds is 6. The Morgan fingerprint density at radius 3 is 2.45 bits per heavy atom. The van der Waals surface area contributed by atoms with Gasteiger partial charge in [0, 0.05) is 17.8 Å². The number of hydrogen-bond donors (Lipinski definition) is 1. The first-order valence-corrected chi connectivity index (χ1v) is 9.25. The van der Waals surface area contributed by atoms with Gasteiger partial charge in [-0.3, -0.25) is 4.79 Å². The third-order valence-corrected chi connectivity index (χ3v) is 4.78. The molecule has 6 nitrogen and oxygen atoms in total. The Morgan fingerprint density at radius 2 is 1.66 bits per heavy atom. The minimum atomic E-state index is -1.31. The van der Waals surface area contributed by atoms with Gasteiger partial charge in [-0.05, 0) is 23.8 Å². The van der Waals surface area contributed by atoms with E-state index in [4.69, 9.17) is 4.74 Å². The van der Waals surface area contributed by atoms with Crippen molar-refractivity contribution < 1.29 is 19.4 Å². The lowest BCUT2D eigenvalue weighted by Gasteiger charge is -2.38. The summed E-state index contributed by atoms with van der Waals surface area (Å²) in [4.78, 5) is 25.9. The number of nitrogens with zero attached hydrogens (tertiary/aromatic N) is 1. The Kier molecular flexibility index (Phi) is 5.16. The highest BCUT2D eigenvalue weighted by atomic mass is 16.5. The summed E-state index contributed by atoms with van der Waals surface area (Å²) in [5.41, 5.74) is 2.97. The average Bonchev–Trinajstić information content (AvgIpc) is 2.75. The van der Waals surface area contributed by atoms with Crippen molar-refractivity contribution in [1.29, 1.82) is 0 Å². The predicted octanol–water partition coefficient (Wildman–Crippen LogP) is 2.58. The number of hydrogen-bond acceptors (Lipinski definition) is 5. The molecule has 1 aliphatic heterocycles. The Morgan fingerprint density at radius 1 is 0.966 bits per heavy atom. The molecule has 0 aromatic heterocycles. The van der Waals surface area contributed by atoms with E-state index in [2.05, 4.69) is 5.32 Å². The van der Waals surface area contributed by atoms with Gasteiger partial charge in [-0.2, -0.15) is 0 Å². The molecular weight excluding hydrogens is 368 g/mol. The lowest BCUT2D eigenvalue weighted by Crippen LogP contribution is -2.42. The van der Waals surface area contributed by atoms with E-state index in [1.807, 2.05) is 60.7 Å². The molecule has 3 aromatic carbocycles. The number of carbonyl (C=O) groups is 2. The molecule has 6 heteroatoms. The molecule has 29 heavy (non-hydrogen) atoms. The van der Waals surface area contributed by atoms with Crippen molar-refractivity contribution in [2.24, 2.45) is 0 Å². The standard InChI is InChI=1S/C23H20N2O4/c26-21(27)15-29-20-13-7-5-11-18(20)22-24-19-12-6-4-10-17(19)23(28)25(22)14-16-8-2-1-3-9-16/h1-13,22,24H,14-15H2,(H,26,27)/p-1/t22-/m1/s1. The molecule has 1 amide bonds. The molecular formula is C23H19N2O4-. The van der Waals surface area contributed by atoms with Gasteiger partial charge in [-0.25, -0.2) is 0 Å². The van der Waals surface area contributed by atoms with Gasteiger partial charge in [0.15, 0.2) is 0 Å². The first-order valence-electron chi connectivity index (χ1n) is 9.25. The fourth-order valence-corrected chi connectivity index (χ4v) is 3.46. The highest BCUT2D eigenvalue weighted by Crippen LogP contribution is 2.37. The van der Waals surface area contributed by atoms with E-state index < -0.39 is 18.7 Å². The molecule has 0 fully saturated rings. The fourth-order valence-electron chi connectivity index (χ4n) is 3.46. The van der Waals surface area contributed by atoms with E-state index >= 15 is 0 Å². The number of carboxylic acid groups (broad SMARTS) is 1. The second-order valence-corrected chi connectivity index (χ2v) is 6.71. The maximum atomic E-state index is 13.3. The van der Waals surface area contributed by atoms with Crippen LogP contribution < -0.4 is 15.2 Å². The van der Waals surface area contributed by atoms with Crippen LogP contribution in [-0.2, 0) is 11.3 Å². The van der Waals surface area contributed by atoms with E-state index in [9.17, 15) is 14.7 Å². The van der Waals surface area contributed by atoms with Crippen molar-refractivity contribution in [1.82, 2.24) is 4.90 Å². The van der Waals surface area contributed by atoms with Crippen molar-refractivity contribution in [2.75, 3.05) is 11.9 Å². The van der Waals surface area contributed by atoms with E-state index in [1.165, 1.54) is 0 Å². The second kappa shape index (κ2) is 8.06. The molecule has 0 bridgehead atoms. The third-order valence-electron chi connectivity index (χ3n) is 4.78. The van der Waals surface area contributed by atoms with Crippen LogP contribution in [0.15, 0.2) is 78.9 Å². The predicted molar refractivity (Wildman–Crippen MR) is 106 cm³/mol. The number of carbonyl (C=O) groups excluding carboxylic acids is 2. The molecule has 0 spiro atoms. The Balaban J connectivity index is 1.75. The summed E-state index contributed by atoms with van der Waals surface area (Å²) in [6, 6.07) is 24.1. The van der Waals surface area contributed by atoms with Gasteiger partial charge < -0.3 is 24.9 Å². The van der Waals surface area contributed by atoms with Crippen LogP contribution in [-0.4, -0.2) is 23.4 Å². The van der Waals surface area contributed by atoms with E-state index in [0.717, 1.165) is 11.3 Å². The summed E-state index contributed by atoms with van der Waals surface area (Å²) in [6.07, 6.45) is -0.518. The summed E-state index contributed by atoms with van der Waals surface area (Å²) in [5.74, 6) is -1.03. The maximum absolute atomic E-state index is 13.3. The van der Waals surface area contributed by atoms with Crippen LogP contribution in [0, 0.1) is 0 Å². The molecule has 0 saturated carbocycles. The Hall–Kier alpha value is -3.80. The molecule has 1 heterocycles. The summed E-state index contributed by atoms with van der Waals surface area (Å²) in [6.45, 7) is -0.173. The van der Waals surface area contributed by atoms with E-state index in [-0.39, 0.29) is 5.91 Å². The quantitative estimate of drug-likeness (QED) is 0.703. The van der Waals surface area contributed by atoms with Crippen LogP contribution in [0.3, 0.4) is 0 Å². The van der Waals surface area contributed by atoms with Crippen molar-refractivity contribution in [3.63, 3.8) is 0 Å². The van der Waals surface area contributed by atoms with Gasteiger partial charge >= 0.3 is 0 Å². The normalized spacial score (nSPS) is 15.4. The zero-order valence-electron chi connectivity index (χ0n) is 15.6. The van der Waals surface area contributed by atoms with Crippen LogP contribution in [0.2, 0.25) is 0 Å². The summed E-state index contributed by atoms with van der Waals surface area (Å²) in [5, 5.41) is 14.3. The van der Waals surface area contributed by atoms with Crippen molar-refractivity contribution in [2.45, 2.75) is 12.7 Å². The smallest absolute Gasteiger partial charge is 0.258 e. The molecule has 1 N–H and O–H groups in total. The monoisotopic (exact) mass is 387 g/mol. The number of benzene rings is 3. The number of para-hydroxylation sites is 2. The zero-order valence-corrected chi connectivity index (χ0v) is 15.6. The lowest BCUT2D eigenvalue weighted by atomic mass is 10.0. The molecule has 4 rings (SSSR count). The van der Waals surface area contributed by atoms with Gasteiger partial charge in [0.2, 0.25) is 0 Å². The van der Waals surface area contributed by atoms with Crippen LogP contribution in [0.1, 0.15) is 27.7 Å². The van der Waals surface area contributed by atoms with Gasteiger partial charge in [0.1, 0.15) is 18.5 Å². The Bertz CT molecular complexity index is 1040.